The molecule has 3 rings (SSSR count). The maximum Gasteiger partial charge on any atom is 0.277 e. The van der Waals surface area contributed by atoms with E-state index in [1.807, 2.05) is 54.6 Å². The molecule has 0 radical (unpaired) electrons. The van der Waals surface area contributed by atoms with Crippen LogP contribution in [0.2, 0.25) is 5.02 Å². The highest BCUT2D eigenvalue weighted by Crippen LogP contribution is 2.27. The van der Waals surface area contributed by atoms with Crippen LogP contribution in [0.15, 0.2) is 82.4 Å². The lowest BCUT2D eigenvalue weighted by Crippen LogP contribution is -2.24. The molecule has 3 aromatic rings. The third-order valence-electron chi connectivity index (χ3n) is 3.76. The van der Waals surface area contributed by atoms with Gasteiger partial charge in [-0.05, 0) is 41.5 Å². The van der Waals surface area contributed by atoms with Crippen molar-refractivity contribution >= 4 is 39.7 Å². The van der Waals surface area contributed by atoms with Crippen molar-refractivity contribution in [3.05, 3.63) is 93.4 Å². The summed E-state index contributed by atoms with van der Waals surface area (Å²) in [5.41, 5.74) is 4.31. The van der Waals surface area contributed by atoms with Crippen LogP contribution in [0.25, 0.3) is 0 Å². The van der Waals surface area contributed by atoms with Crippen LogP contribution >= 0.6 is 27.5 Å². The van der Waals surface area contributed by atoms with Gasteiger partial charge in [0.1, 0.15) is 18.1 Å². The average Bonchev–Trinajstić information content (AvgIpc) is 2.73. The summed E-state index contributed by atoms with van der Waals surface area (Å²) in [6, 6.07) is 22.5. The fourth-order valence-electron chi connectivity index (χ4n) is 2.37. The lowest BCUT2D eigenvalue weighted by molar-refractivity contribution is -0.123. The minimum atomic E-state index is -0.392. The van der Waals surface area contributed by atoms with Gasteiger partial charge in [-0.15, -0.1) is 0 Å². The zero-order valence-corrected chi connectivity index (χ0v) is 17.7. The van der Waals surface area contributed by atoms with Crippen molar-refractivity contribution in [1.29, 1.82) is 0 Å². The van der Waals surface area contributed by atoms with Crippen molar-refractivity contribution in [2.75, 3.05) is 6.61 Å². The second kappa shape index (κ2) is 10.6. The van der Waals surface area contributed by atoms with Crippen molar-refractivity contribution in [3.63, 3.8) is 0 Å². The lowest BCUT2D eigenvalue weighted by Gasteiger charge is -2.07. The average molecular weight is 474 g/mol. The van der Waals surface area contributed by atoms with Gasteiger partial charge in [0, 0.05) is 4.47 Å². The van der Waals surface area contributed by atoms with E-state index in [1.165, 1.54) is 0 Å². The van der Waals surface area contributed by atoms with Crippen LogP contribution in [-0.4, -0.2) is 18.7 Å². The number of benzene rings is 3. The summed E-state index contributed by atoms with van der Waals surface area (Å²) in [7, 11) is 0. The molecular formula is C22H18BrClN2O3. The standard InChI is InChI=1S/C22H18BrClN2O3/c23-18-9-10-21(20(24)12-18)29-15-22(27)26-25-13-17-7-4-8-19(11-17)28-14-16-5-2-1-3-6-16/h1-13H,14-15H2,(H,26,27)/b25-13+. The summed E-state index contributed by atoms with van der Waals surface area (Å²) in [5.74, 6) is 0.756. The first-order valence-electron chi connectivity index (χ1n) is 8.77. The molecule has 0 bridgehead atoms. The first-order chi connectivity index (χ1) is 14.1. The Kier molecular flexibility index (Phi) is 7.67. The van der Waals surface area contributed by atoms with Crippen LogP contribution < -0.4 is 14.9 Å². The molecule has 0 aliphatic rings. The van der Waals surface area contributed by atoms with Gasteiger partial charge in [0.15, 0.2) is 6.61 Å². The van der Waals surface area contributed by atoms with Gasteiger partial charge in [0.2, 0.25) is 0 Å². The molecule has 0 unspecified atom stereocenters. The van der Waals surface area contributed by atoms with Crippen molar-refractivity contribution in [1.82, 2.24) is 5.43 Å². The normalized spacial score (nSPS) is 10.7. The molecule has 0 aliphatic heterocycles. The molecule has 3 aromatic carbocycles. The second-order valence-corrected chi connectivity index (χ2v) is 7.33. The van der Waals surface area contributed by atoms with Gasteiger partial charge in [-0.2, -0.15) is 5.10 Å². The number of hydrazone groups is 1. The Bertz CT molecular complexity index is 996. The Morgan fingerprint density at radius 3 is 2.66 bits per heavy atom. The molecular weight excluding hydrogens is 456 g/mol. The topological polar surface area (TPSA) is 59.9 Å². The number of carbonyl (C=O) groups excluding carboxylic acids is 1. The van der Waals surface area contributed by atoms with Crippen LogP contribution in [0.3, 0.4) is 0 Å². The molecule has 148 valence electrons. The van der Waals surface area contributed by atoms with E-state index in [-0.39, 0.29) is 6.61 Å². The van der Waals surface area contributed by atoms with Crippen LogP contribution in [-0.2, 0) is 11.4 Å². The first kappa shape index (κ1) is 20.9. The Balaban J connectivity index is 1.47. The van der Waals surface area contributed by atoms with E-state index in [0.717, 1.165) is 21.3 Å². The summed E-state index contributed by atoms with van der Waals surface area (Å²) >= 11 is 9.36. The molecule has 0 heterocycles. The van der Waals surface area contributed by atoms with Crippen molar-refractivity contribution < 1.29 is 14.3 Å². The van der Waals surface area contributed by atoms with Gasteiger partial charge in [-0.1, -0.05) is 70.0 Å². The van der Waals surface area contributed by atoms with E-state index < -0.39 is 5.91 Å². The van der Waals surface area contributed by atoms with Gasteiger partial charge < -0.3 is 9.47 Å². The van der Waals surface area contributed by atoms with E-state index in [0.29, 0.717) is 17.4 Å². The summed E-state index contributed by atoms with van der Waals surface area (Å²) < 4.78 is 12.0. The van der Waals surface area contributed by atoms with Crippen LogP contribution in [0.5, 0.6) is 11.5 Å². The number of halogens is 2. The van der Waals surface area contributed by atoms with Gasteiger partial charge in [-0.3, -0.25) is 4.79 Å². The van der Waals surface area contributed by atoms with E-state index >= 15 is 0 Å². The summed E-state index contributed by atoms with van der Waals surface area (Å²) in [6.45, 7) is 0.285. The van der Waals surface area contributed by atoms with E-state index in [2.05, 4.69) is 26.5 Å². The number of nitrogens with one attached hydrogen (secondary N) is 1. The van der Waals surface area contributed by atoms with Crippen LogP contribution in [0.4, 0.5) is 0 Å². The fourth-order valence-corrected chi connectivity index (χ4v) is 3.10. The number of rotatable bonds is 8. The highest BCUT2D eigenvalue weighted by atomic mass is 79.9. The predicted molar refractivity (Wildman–Crippen MR) is 118 cm³/mol. The van der Waals surface area contributed by atoms with Gasteiger partial charge in [-0.25, -0.2) is 5.43 Å². The van der Waals surface area contributed by atoms with Crippen molar-refractivity contribution in [2.24, 2.45) is 5.10 Å². The molecule has 0 aromatic heterocycles. The Morgan fingerprint density at radius 2 is 1.86 bits per heavy atom. The third kappa shape index (κ3) is 6.93. The lowest BCUT2D eigenvalue weighted by atomic mass is 10.2. The van der Waals surface area contributed by atoms with E-state index in [4.69, 9.17) is 21.1 Å². The summed E-state index contributed by atoms with van der Waals surface area (Å²) in [4.78, 5) is 11.9. The first-order valence-corrected chi connectivity index (χ1v) is 9.94. The predicted octanol–water partition coefficient (Wildman–Crippen LogP) is 5.21. The quantitative estimate of drug-likeness (QED) is 0.361. The zero-order chi connectivity index (χ0) is 20.5. The largest absolute Gasteiger partial charge is 0.489 e. The van der Waals surface area contributed by atoms with Crippen molar-refractivity contribution in [3.8, 4) is 11.5 Å². The van der Waals surface area contributed by atoms with E-state index in [9.17, 15) is 4.79 Å². The van der Waals surface area contributed by atoms with Crippen molar-refractivity contribution in [2.45, 2.75) is 6.61 Å². The molecule has 0 fully saturated rings. The van der Waals surface area contributed by atoms with Gasteiger partial charge >= 0.3 is 0 Å². The second-order valence-electron chi connectivity index (χ2n) is 6.00. The maximum absolute atomic E-state index is 11.9. The van der Waals surface area contributed by atoms with Gasteiger partial charge in [0.05, 0.1) is 11.2 Å². The monoisotopic (exact) mass is 472 g/mol. The molecule has 0 aliphatic carbocycles. The number of amides is 1. The molecule has 0 spiro atoms. The highest BCUT2D eigenvalue weighted by Gasteiger charge is 2.05. The smallest absolute Gasteiger partial charge is 0.277 e. The Labute approximate surface area is 182 Å². The van der Waals surface area contributed by atoms with Gasteiger partial charge in [0.25, 0.3) is 5.91 Å². The van der Waals surface area contributed by atoms with Crippen LogP contribution in [0, 0.1) is 0 Å². The number of hydrogen-bond acceptors (Lipinski definition) is 4. The zero-order valence-electron chi connectivity index (χ0n) is 15.3. The number of ether oxygens (including phenoxy) is 2. The summed E-state index contributed by atoms with van der Waals surface area (Å²) in [5, 5.41) is 4.37. The molecule has 1 N–H and O–H groups in total. The number of hydrogen-bond donors (Lipinski definition) is 1. The summed E-state index contributed by atoms with van der Waals surface area (Å²) in [6.07, 6.45) is 1.54. The molecule has 7 heteroatoms. The minimum absolute atomic E-state index is 0.196. The van der Waals surface area contributed by atoms with Crippen LogP contribution in [0.1, 0.15) is 11.1 Å². The number of nitrogens with zero attached hydrogens (tertiary/aromatic N) is 1. The Hall–Kier alpha value is -2.83. The highest BCUT2D eigenvalue weighted by molar-refractivity contribution is 9.10. The van der Waals surface area contributed by atoms with E-state index in [1.54, 1.807) is 24.4 Å². The molecule has 0 saturated carbocycles. The minimum Gasteiger partial charge on any atom is -0.489 e. The maximum atomic E-state index is 11.9. The number of carbonyl (C=O) groups is 1. The molecule has 5 nitrogen and oxygen atoms in total. The SMILES string of the molecule is O=C(COc1ccc(Br)cc1Cl)N/N=C/c1cccc(OCc2ccccc2)c1. The molecule has 29 heavy (non-hydrogen) atoms. The molecule has 1 amide bonds. The molecule has 0 saturated heterocycles. The fraction of sp³-hybridized carbons (Fsp3) is 0.0909. The Morgan fingerprint density at radius 1 is 1.03 bits per heavy atom. The molecule has 0 atom stereocenters. The third-order valence-corrected chi connectivity index (χ3v) is 4.55.